The van der Waals surface area contributed by atoms with Crippen LogP contribution in [0.15, 0.2) is 0 Å². The molecule has 1 amide bonds. The molecule has 0 aromatic carbocycles. The van der Waals surface area contributed by atoms with Crippen LogP contribution in [0.3, 0.4) is 0 Å². The molecule has 3 unspecified atom stereocenters. The van der Waals surface area contributed by atoms with Crippen molar-refractivity contribution in [1.29, 1.82) is 0 Å². The largest absolute Gasteiger partial charge is 0.348 e. The Morgan fingerprint density at radius 3 is 2.35 bits per heavy atom. The van der Waals surface area contributed by atoms with Gasteiger partial charge in [0.1, 0.15) is 0 Å². The van der Waals surface area contributed by atoms with E-state index in [4.69, 9.17) is 5.73 Å². The van der Waals surface area contributed by atoms with Crippen molar-refractivity contribution in [3.05, 3.63) is 0 Å². The summed E-state index contributed by atoms with van der Waals surface area (Å²) in [5.74, 6) is -0.215. The molecule has 8 heteroatoms. The molecule has 6 nitrogen and oxygen atoms in total. The van der Waals surface area contributed by atoms with Crippen molar-refractivity contribution in [1.82, 2.24) is 9.21 Å². The van der Waals surface area contributed by atoms with Crippen LogP contribution in [-0.4, -0.2) is 62.0 Å². The van der Waals surface area contributed by atoms with Crippen molar-refractivity contribution in [3.63, 3.8) is 0 Å². The van der Waals surface area contributed by atoms with Gasteiger partial charge in [-0.1, -0.05) is 0 Å². The monoisotopic (exact) mass is 327 g/mol. The number of sulfonamides is 1. The second-order valence-corrected chi connectivity index (χ2v) is 7.79. The van der Waals surface area contributed by atoms with Crippen LogP contribution in [-0.2, 0) is 14.8 Å². The summed E-state index contributed by atoms with van der Waals surface area (Å²) >= 11 is 0. The number of hydrogen-bond acceptors (Lipinski definition) is 4. The van der Waals surface area contributed by atoms with Gasteiger partial charge in [-0.2, -0.15) is 0 Å². The average molecular weight is 328 g/mol. The summed E-state index contributed by atoms with van der Waals surface area (Å²) in [4.78, 5) is 13.2. The van der Waals surface area contributed by atoms with Crippen LogP contribution in [0.4, 0.5) is 0 Å². The number of amides is 1. The maximum Gasteiger partial charge on any atom is 0.241 e. The molecular formula is C12H26ClN3O3S. The van der Waals surface area contributed by atoms with Gasteiger partial charge in [-0.3, -0.25) is 4.79 Å². The van der Waals surface area contributed by atoms with E-state index in [0.29, 0.717) is 13.1 Å². The highest BCUT2D eigenvalue weighted by Crippen LogP contribution is 2.23. The maximum absolute atomic E-state index is 12.4. The Morgan fingerprint density at radius 2 is 1.90 bits per heavy atom. The van der Waals surface area contributed by atoms with Crippen molar-refractivity contribution in [2.45, 2.75) is 38.0 Å². The van der Waals surface area contributed by atoms with E-state index < -0.39 is 15.3 Å². The van der Waals surface area contributed by atoms with Crippen LogP contribution in [0, 0.1) is 5.92 Å². The van der Waals surface area contributed by atoms with Crippen molar-refractivity contribution in [2.75, 3.05) is 27.2 Å². The Kier molecular flexibility index (Phi) is 7.44. The van der Waals surface area contributed by atoms with Crippen LogP contribution in [0.2, 0.25) is 0 Å². The zero-order valence-corrected chi connectivity index (χ0v) is 14.2. The normalized spacial score (nSPS) is 23.6. The molecule has 120 valence electrons. The Bertz CT molecular complexity index is 426. The molecule has 1 saturated heterocycles. The van der Waals surface area contributed by atoms with Gasteiger partial charge >= 0.3 is 0 Å². The van der Waals surface area contributed by atoms with E-state index in [1.165, 1.54) is 16.1 Å². The van der Waals surface area contributed by atoms with Gasteiger partial charge in [0.15, 0.2) is 5.25 Å². The third-order valence-corrected chi connectivity index (χ3v) is 5.91. The molecule has 0 saturated carbocycles. The van der Waals surface area contributed by atoms with E-state index in [9.17, 15) is 13.2 Å². The van der Waals surface area contributed by atoms with Gasteiger partial charge in [0.25, 0.3) is 0 Å². The number of halogens is 1. The van der Waals surface area contributed by atoms with Crippen molar-refractivity contribution >= 4 is 28.3 Å². The number of carbonyl (C=O) groups is 1. The zero-order valence-electron chi connectivity index (χ0n) is 12.6. The highest BCUT2D eigenvalue weighted by atomic mass is 35.5. The molecule has 0 bridgehead atoms. The van der Waals surface area contributed by atoms with E-state index in [1.807, 2.05) is 6.92 Å². The second-order valence-electron chi connectivity index (χ2n) is 5.54. The van der Waals surface area contributed by atoms with E-state index in [0.717, 1.165) is 12.8 Å². The highest BCUT2D eigenvalue weighted by molar-refractivity contribution is 7.90. The average Bonchev–Trinajstić information content (AvgIpc) is 2.36. The number of rotatable bonds is 4. The molecule has 0 spiro atoms. The first-order valence-electron chi connectivity index (χ1n) is 6.63. The Labute approximate surface area is 128 Å². The van der Waals surface area contributed by atoms with Crippen molar-refractivity contribution in [2.24, 2.45) is 11.7 Å². The summed E-state index contributed by atoms with van der Waals surface area (Å²) in [6.07, 6.45) is 1.74. The lowest BCUT2D eigenvalue weighted by Crippen LogP contribution is -2.50. The van der Waals surface area contributed by atoms with Crippen LogP contribution < -0.4 is 5.73 Å². The summed E-state index contributed by atoms with van der Waals surface area (Å²) in [7, 11) is -0.457. The lowest BCUT2D eigenvalue weighted by molar-refractivity contribution is -0.128. The van der Waals surface area contributed by atoms with E-state index in [1.54, 1.807) is 14.1 Å². The smallest absolute Gasteiger partial charge is 0.241 e. The Morgan fingerprint density at radius 1 is 1.35 bits per heavy atom. The molecule has 0 radical (unpaired) electrons. The predicted molar refractivity (Wildman–Crippen MR) is 82.3 cm³/mol. The molecule has 1 fully saturated rings. The number of hydrogen-bond donors (Lipinski definition) is 1. The van der Waals surface area contributed by atoms with Crippen LogP contribution >= 0.6 is 12.4 Å². The number of nitrogens with zero attached hydrogens (tertiary/aromatic N) is 2. The molecular weight excluding hydrogens is 302 g/mol. The molecule has 20 heavy (non-hydrogen) atoms. The molecule has 1 heterocycles. The van der Waals surface area contributed by atoms with E-state index in [-0.39, 0.29) is 30.3 Å². The third kappa shape index (κ3) is 4.31. The van der Waals surface area contributed by atoms with Crippen LogP contribution in [0.25, 0.3) is 0 Å². The Hall–Kier alpha value is -0.370. The van der Waals surface area contributed by atoms with Gasteiger partial charge in [-0.25, -0.2) is 12.7 Å². The molecule has 1 aliphatic rings. The first-order valence-corrected chi connectivity index (χ1v) is 8.14. The van der Waals surface area contributed by atoms with Crippen molar-refractivity contribution < 1.29 is 13.2 Å². The van der Waals surface area contributed by atoms with Crippen LogP contribution in [0.5, 0.6) is 0 Å². The lowest BCUT2D eigenvalue weighted by atomic mass is 9.93. The number of piperidine rings is 1. The van der Waals surface area contributed by atoms with E-state index in [2.05, 4.69) is 0 Å². The van der Waals surface area contributed by atoms with Gasteiger partial charge in [0, 0.05) is 33.2 Å². The van der Waals surface area contributed by atoms with Gasteiger partial charge < -0.3 is 10.6 Å². The van der Waals surface area contributed by atoms with Crippen molar-refractivity contribution in [3.8, 4) is 0 Å². The predicted octanol–water partition coefficient (Wildman–Crippen LogP) is 0.274. The zero-order chi connectivity index (χ0) is 14.8. The standard InChI is InChI=1S/C12H25N3O3S.ClH/c1-9(13)11-6-5-7-15(8-11)19(17,18)10(2)12(16)14(3)4;/h9-11H,5-8,13H2,1-4H3;1H. The molecule has 0 aromatic rings. The molecule has 0 aromatic heterocycles. The summed E-state index contributed by atoms with van der Waals surface area (Å²) in [5.41, 5.74) is 5.86. The van der Waals surface area contributed by atoms with Gasteiger partial charge in [-0.15, -0.1) is 12.4 Å². The summed E-state index contributed by atoms with van der Waals surface area (Å²) < 4.78 is 26.3. The fraction of sp³-hybridized carbons (Fsp3) is 0.917. The van der Waals surface area contributed by atoms with Gasteiger partial charge in [0.2, 0.25) is 15.9 Å². The third-order valence-electron chi connectivity index (χ3n) is 3.76. The summed E-state index contributed by atoms with van der Waals surface area (Å²) in [5, 5.41) is -1.03. The minimum atomic E-state index is -3.59. The minimum absolute atomic E-state index is 0. The quantitative estimate of drug-likeness (QED) is 0.803. The number of nitrogens with two attached hydrogens (primary N) is 1. The SMILES string of the molecule is CC(N)C1CCCN(S(=O)(=O)C(C)C(=O)N(C)C)C1.Cl. The van der Waals surface area contributed by atoms with Gasteiger partial charge in [-0.05, 0) is 32.6 Å². The first-order chi connectivity index (χ1) is 8.67. The summed E-state index contributed by atoms with van der Waals surface area (Å²) in [6.45, 7) is 4.25. The maximum atomic E-state index is 12.4. The fourth-order valence-corrected chi connectivity index (χ4v) is 4.04. The van der Waals surface area contributed by atoms with Gasteiger partial charge in [0.05, 0.1) is 0 Å². The second kappa shape index (κ2) is 7.59. The number of carbonyl (C=O) groups excluding carboxylic acids is 1. The fourth-order valence-electron chi connectivity index (χ4n) is 2.35. The molecule has 1 rings (SSSR count). The lowest BCUT2D eigenvalue weighted by Gasteiger charge is -2.35. The molecule has 3 atom stereocenters. The van der Waals surface area contributed by atoms with Crippen LogP contribution in [0.1, 0.15) is 26.7 Å². The summed E-state index contributed by atoms with van der Waals surface area (Å²) in [6, 6.07) is -0.0298. The highest BCUT2D eigenvalue weighted by Gasteiger charge is 2.37. The molecule has 2 N–H and O–H groups in total. The first kappa shape index (κ1) is 19.6. The van der Waals surface area contributed by atoms with E-state index >= 15 is 0 Å². The molecule has 1 aliphatic heterocycles. The Balaban J connectivity index is 0.00000361. The molecule has 0 aliphatic carbocycles. The topological polar surface area (TPSA) is 83.7 Å². The minimum Gasteiger partial charge on any atom is -0.348 e.